The molecule has 15 heavy (non-hydrogen) atoms. The number of hydrogen-bond acceptors (Lipinski definition) is 3. The Morgan fingerprint density at radius 1 is 1.27 bits per heavy atom. The van der Waals surface area contributed by atoms with E-state index in [2.05, 4.69) is 9.17 Å². The number of fused-ring (bicyclic) bond motifs is 1. The van der Waals surface area contributed by atoms with Crippen LogP contribution in [-0.2, 0) is 10.4 Å². The van der Waals surface area contributed by atoms with E-state index in [9.17, 15) is 8.42 Å². The molecule has 0 spiro atoms. The summed E-state index contributed by atoms with van der Waals surface area (Å²) >= 11 is 0. The maximum atomic E-state index is 10.5. The summed E-state index contributed by atoms with van der Waals surface area (Å²) in [6.07, 6.45) is 1.37. The van der Waals surface area contributed by atoms with E-state index in [0.717, 1.165) is 5.52 Å². The molecule has 0 atom stereocenters. The predicted octanol–water partition coefficient (Wildman–Crippen LogP) is 0.969. The Bertz CT molecular complexity index is 563. The molecule has 1 radical (unpaired) electrons. The van der Waals surface area contributed by atoms with Crippen LogP contribution < -0.4 is 4.18 Å². The molecule has 0 aliphatic carbocycles. The van der Waals surface area contributed by atoms with Crippen LogP contribution in [0.5, 0.6) is 5.75 Å². The van der Waals surface area contributed by atoms with Crippen molar-refractivity contribution < 1.29 is 17.2 Å². The van der Waals surface area contributed by atoms with Crippen molar-refractivity contribution in [1.29, 1.82) is 0 Å². The van der Waals surface area contributed by atoms with Crippen LogP contribution >= 0.6 is 0 Å². The van der Waals surface area contributed by atoms with Crippen molar-refractivity contribution in [1.82, 2.24) is 4.98 Å². The van der Waals surface area contributed by atoms with Crippen molar-refractivity contribution in [2.75, 3.05) is 0 Å². The molecule has 0 amide bonds. The van der Waals surface area contributed by atoms with Crippen LogP contribution in [0.1, 0.15) is 0 Å². The van der Waals surface area contributed by atoms with Gasteiger partial charge in [0.25, 0.3) is 0 Å². The molecule has 0 saturated carbocycles. The SMILES string of the molecule is O=S(=O)(O)Oc1c[nH]c2ccccc12.[K]. The van der Waals surface area contributed by atoms with Gasteiger partial charge in [0, 0.05) is 68.5 Å². The van der Waals surface area contributed by atoms with Gasteiger partial charge in [0.15, 0.2) is 5.75 Å². The second-order valence-corrected chi connectivity index (χ2v) is 3.73. The minimum absolute atomic E-state index is 0. The maximum absolute atomic E-state index is 10.5. The number of aromatic amines is 1. The molecule has 5 nitrogen and oxygen atoms in total. The van der Waals surface area contributed by atoms with Crippen LogP contribution in [0.15, 0.2) is 30.5 Å². The number of aromatic nitrogens is 1. The number of nitrogens with one attached hydrogen (secondary N) is 1. The second kappa shape index (κ2) is 4.96. The second-order valence-electron chi connectivity index (χ2n) is 2.71. The molecular formula is C8H7KNO4S. The Balaban J connectivity index is 0.00000112. The van der Waals surface area contributed by atoms with Gasteiger partial charge in [-0.3, -0.25) is 4.55 Å². The molecule has 0 saturated heterocycles. The Hall–Kier alpha value is 0.106. The fourth-order valence-electron chi connectivity index (χ4n) is 1.23. The maximum Gasteiger partial charge on any atom is 0.446 e. The minimum atomic E-state index is -4.46. The molecule has 0 aliphatic rings. The van der Waals surface area contributed by atoms with Crippen molar-refractivity contribution in [3.8, 4) is 5.75 Å². The first-order valence-electron chi connectivity index (χ1n) is 3.79. The third-order valence-corrected chi connectivity index (χ3v) is 2.14. The van der Waals surface area contributed by atoms with Crippen LogP contribution in [0.3, 0.4) is 0 Å². The molecule has 2 N–H and O–H groups in total. The van der Waals surface area contributed by atoms with E-state index in [1.165, 1.54) is 6.20 Å². The van der Waals surface area contributed by atoms with Gasteiger partial charge in [0.05, 0.1) is 0 Å². The Labute approximate surface area is 129 Å². The standard InChI is InChI=1S/C8H7NO4S.K/c10-14(11,12)13-8-5-9-7-4-2-1-3-6(7)8;/h1-5,9H,(H,10,11,12);. The zero-order valence-electron chi connectivity index (χ0n) is 7.97. The van der Waals surface area contributed by atoms with Crippen LogP contribution in [0.25, 0.3) is 10.9 Å². The van der Waals surface area contributed by atoms with Crippen LogP contribution in [0, 0.1) is 0 Å². The van der Waals surface area contributed by atoms with Crippen molar-refractivity contribution in [3.63, 3.8) is 0 Å². The molecule has 2 aromatic rings. The average Bonchev–Trinajstić information content (AvgIpc) is 2.47. The summed E-state index contributed by atoms with van der Waals surface area (Å²) in [5.74, 6) is 0.0862. The fourth-order valence-corrected chi connectivity index (χ4v) is 1.59. The summed E-state index contributed by atoms with van der Waals surface area (Å²) in [5.41, 5.74) is 0.742. The third kappa shape index (κ3) is 3.28. The summed E-state index contributed by atoms with van der Waals surface area (Å²) < 4.78 is 33.8. The number of H-pyrrole nitrogens is 1. The number of benzene rings is 1. The van der Waals surface area contributed by atoms with Crippen LogP contribution in [-0.4, -0.2) is 69.3 Å². The molecule has 1 heterocycles. The van der Waals surface area contributed by atoms with Gasteiger partial charge in [0.2, 0.25) is 0 Å². The first kappa shape index (κ1) is 13.2. The van der Waals surface area contributed by atoms with Gasteiger partial charge in [-0.1, -0.05) is 12.1 Å². The minimum Gasteiger partial charge on any atom is -0.360 e. The van der Waals surface area contributed by atoms with Crippen molar-refractivity contribution in [2.24, 2.45) is 0 Å². The molecule has 0 unspecified atom stereocenters. The van der Waals surface area contributed by atoms with E-state index < -0.39 is 10.4 Å². The normalized spacial score (nSPS) is 11.0. The van der Waals surface area contributed by atoms with Gasteiger partial charge in [-0.2, -0.15) is 8.42 Å². The summed E-state index contributed by atoms with van der Waals surface area (Å²) in [4.78, 5) is 2.81. The Morgan fingerprint density at radius 3 is 2.60 bits per heavy atom. The monoisotopic (exact) mass is 252 g/mol. The molecule has 1 aromatic carbocycles. The summed E-state index contributed by atoms with van der Waals surface area (Å²) in [6.45, 7) is 0. The zero-order valence-corrected chi connectivity index (χ0v) is 11.9. The van der Waals surface area contributed by atoms with Crippen LogP contribution in [0.4, 0.5) is 0 Å². The van der Waals surface area contributed by atoms with E-state index in [1.807, 2.05) is 0 Å². The van der Waals surface area contributed by atoms with E-state index in [0.29, 0.717) is 5.39 Å². The topological polar surface area (TPSA) is 79.4 Å². The third-order valence-electron chi connectivity index (χ3n) is 1.75. The molecule has 0 bridgehead atoms. The Kier molecular flexibility index (Phi) is 4.35. The van der Waals surface area contributed by atoms with Gasteiger partial charge in [-0.25, -0.2) is 0 Å². The molecule has 0 fully saturated rings. The van der Waals surface area contributed by atoms with Crippen LogP contribution in [0.2, 0.25) is 0 Å². The van der Waals surface area contributed by atoms with Gasteiger partial charge in [-0.15, -0.1) is 0 Å². The van der Waals surface area contributed by atoms with E-state index >= 15 is 0 Å². The predicted molar refractivity (Wildman–Crippen MR) is 56.2 cm³/mol. The van der Waals surface area contributed by atoms with E-state index in [4.69, 9.17) is 4.55 Å². The molecule has 75 valence electrons. The van der Waals surface area contributed by atoms with E-state index in [-0.39, 0.29) is 57.1 Å². The zero-order chi connectivity index (χ0) is 10.2. The Morgan fingerprint density at radius 2 is 1.93 bits per heavy atom. The van der Waals surface area contributed by atoms with Crippen molar-refractivity contribution in [3.05, 3.63) is 30.5 Å². The molecule has 2 rings (SSSR count). The molecule has 7 heteroatoms. The summed E-state index contributed by atoms with van der Waals surface area (Å²) in [6, 6.07) is 7.00. The van der Waals surface area contributed by atoms with Crippen molar-refractivity contribution in [2.45, 2.75) is 0 Å². The van der Waals surface area contributed by atoms with Gasteiger partial charge < -0.3 is 9.17 Å². The average molecular weight is 252 g/mol. The number of rotatable bonds is 2. The van der Waals surface area contributed by atoms with Gasteiger partial charge in [0.1, 0.15) is 0 Å². The first-order chi connectivity index (χ1) is 6.56. The molecular weight excluding hydrogens is 245 g/mol. The smallest absolute Gasteiger partial charge is 0.360 e. The fraction of sp³-hybridized carbons (Fsp3) is 0. The largest absolute Gasteiger partial charge is 0.446 e. The number of para-hydroxylation sites is 1. The van der Waals surface area contributed by atoms with E-state index in [1.54, 1.807) is 24.3 Å². The molecule has 0 aliphatic heterocycles. The first-order valence-corrected chi connectivity index (χ1v) is 5.16. The van der Waals surface area contributed by atoms with Gasteiger partial charge >= 0.3 is 10.4 Å². The van der Waals surface area contributed by atoms with Gasteiger partial charge in [-0.05, 0) is 12.1 Å². The molecule has 1 aromatic heterocycles. The number of hydrogen-bond donors (Lipinski definition) is 2. The van der Waals surface area contributed by atoms with Crippen molar-refractivity contribution >= 4 is 72.7 Å². The summed E-state index contributed by atoms with van der Waals surface area (Å²) in [7, 11) is -4.46. The summed E-state index contributed by atoms with van der Waals surface area (Å²) in [5, 5.41) is 0.602. The quantitative estimate of drug-likeness (QED) is 0.616.